The highest BCUT2D eigenvalue weighted by atomic mass is 19.1. The van der Waals surface area contributed by atoms with Gasteiger partial charge in [-0.1, -0.05) is 6.92 Å². The second-order valence-corrected chi connectivity index (χ2v) is 5.39. The molecule has 24 heavy (non-hydrogen) atoms. The summed E-state index contributed by atoms with van der Waals surface area (Å²) in [6.07, 6.45) is 2.38. The van der Waals surface area contributed by atoms with Gasteiger partial charge in [-0.3, -0.25) is 4.98 Å². The minimum Gasteiger partial charge on any atom is -0.494 e. The number of rotatable bonds is 6. The van der Waals surface area contributed by atoms with Crippen molar-refractivity contribution in [3.63, 3.8) is 0 Å². The van der Waals surface area contributed by atoms with Gasteiger partial charge in [-0.25, -0.2) is 9.18 Å². The van der Waals surface area contributed by atoms with Gasteiger partial charge in [0.25, 0.3) is 0 Å². The van der Waals surface area contributed by atoms with Crippen LogP contribution < -0.4 is 15.4 Å². The second-order valence-electron chi connectivity index (χ2n) is 5.39. The van der Waals surface area contributed by atoms with Crippen molar-refractivity contribution in [2.75, 3.05) is 11.9 Å². The Hall–Kier alpha value is -2.63. The van der Waals surface area contributed by atoms with Crippen LogP contribution >= 0.6 is 0 Å². The molecule has 0 fully saturated rings. The van der Waals surface area contributed by atoms with Crippen LogP contribution in [-0.2, 0) is 0 Å². The van der Waals surface area contributed by atoms with Crippen molar-refractivity contribution in [3.05, 3.63) is 53.6 Å². The minimum atomic E-state index is -0.544. The molecule has 2 aromatic rings. The third-order valence-electron chi connectivity index (χ3n) is 3.51. The first-order chi connectivity index (χ1) is 11.5. The molecule has 0 spiro atoms. The Kier molecular flexibility index (Phi) is 6.12. The fourth-order valence-corrected chi connectivity index (χ4v) is 2.31. The predicted molar refractivity (Wildman–Crippen MR) is 91.7 cm³/mol. The molecule has 0 bridgehead atoms. The summed E-state index contributed by atoms with van der Waals surface area (Å²) < 4.78 is 19.2. The maximum absolute atomic E-state index is 14.0. The standard InChI is InChI=1S/C18H22FN3O2/c1-4-15(17-10-12(3)8-9-20-17)21-18(23)22-16-7-6-13(24-5-2)11-14(16)19/h6-11,15H,4-5H2,1-3H3,(H2,21,22,23). The summed E-state index contributed by atoms with van der Waals surface area (Å²) in [5.41, 5.74) is 1.95. The lowest BCUT2D eigenvalue weighted by Gasteiger charge is -2.17. The molecule has 1 unspecified atom stereocenters. The normalized spacial score (nSPS) is 11.7. The van der Waals surface area contributed by atoms with Crippen LogP contribution in [0.2, 0.25) is 0 Å². The summed E-state index contributed by atoms with van der Waals surface area (Å²) in [5.74, 6) is -0.116. The lowest BCUT2D eigenvalue weighted by Crippen LogP contribution is -2.33. The Morgan fingerprint density at radius 3 is 2.71 bits per heavy atom. The van der Waals surface area contributed by atoms with Gasteiger partial charge in [0, 0.05) is 12.3 Å². The summed E-state index contributed by atoms with van der Waals surface area (Å²) in [5, 5.41) is 5.34. The van der Waals surface area contributed by atoms with Gasteiger partial charge in [-0.15, -0.1) is 0 Å². The number of hydrogen-bond acceptors (Lipinski definition) is 3. The molecule has 2 amide bonds. The summed E-state index contributed by atoms with van der Waals surface area (Å²) in [4.78, 5) is 16.4. The highest BCUT2D eigenvalue weighted by molar-refractivity contribution is 5.89. The van der Waals surface area contributed by atoms with Crippen molar-refractivity contribution in [1.82, 2.24) is 10.3 Å². The molecule has 1 heterocycles. The molecule has 1 aromatic carbocycles. The second kappa shape index (κ2) is 8.29. The number of aromatic nitrogens is 1. The molecule has 1 aromatic heterocycles. The molecule has 2 N–H and O–H groups in total. The van der Waals surface area contributed by atoms with Gasteiger partial charge in [0.15, 0.2) is 0 Å². The van der Waals surface area contributed by atoms with Gasteiger partial charge in [-0.05, 0) is 50.1 Å². The van der Waals surface area contributed by atoms with Crippen molar-refractivity contribution in [2.24, 2.45) is 0 Å². The summed E-state index contributed by atoms with van der Waals surface area (Å²) in [6, 6.07) is 7.44. The van der Waals surface area contributed by atoms with E-state index in [0.29, 0.717) is 18.8 Å². The summed E-state index contributed by atoms with van der Waals surface area (Å²) in [6.45, 7) is 6.19. The molecule has 6 heteroatoms. The molecular formula is C18H22FN3O2. The first-order valence-corrected chi connectivity index (χ1v) is 7.95. The number of nitrogens with zero attached hydrogens (tertiary/aromatic N) is 1. The minimum absolute atomic E-state index is 0.100. The Bertz CT molecular complexity index is 706. The van der Waals surface area contributed by atoms with E-state index in [-0.39, 0.29) is 11.7 Å². The molecule has 0 saturated carbocycles. The number of amides is 2. The topological polar surface area (TPSA) is 63.2 Å². The molecule has 0 saturated heterocycles. The van der Waals surface area contributed by atoms with Gasteiger partial charge in [-0.2, -0.15) is 0 Å². The fraction of sp³-hybridized carbons (Fsp3) is 0.333. The smallest absolute Gasteiger partial charge is 0.319 e. The number of pyridine rings is 1. The van der Waals surface area contributed by atoms with Crippen LogP contribution in [0.15, 0.2) is 36.5 Å². The van der Waals surface area contributed by atoms with Crippen LogP contribution in [0, 0.1) is 12.7 Å². The van der Waals surface area contributed by atoms with Crippen molar-refractivity contribution < 1.29 is 13.9 Å². The molecule has 5 nitrogen and oxygen atoms in total. The number of aryl methyl sites for hydroxylation is 1. The van der Waals surface area contributed by atoms with Crippen molar-refractivity contribution in [3.8, 4) is 5.75 Å². The zero-order valence-electron chi connectivity index (χ0n) is 14.1. The Labute approximate surface area is 141 Å². The molecule has 0 aliphatic heterocycles. The first kappa shape index (κ1) is 17.7. The molecule has 1 atom stereocenters. The number of halogens is 1. The maximum atomic E-state index is 14.0. The number of anilines is 1. The molecule has 128 valence electrons. The maximum Gasteiger partial charge on any atom is 0.319 e. The zero-order chi connectivity index (χ0) is 17.5. The van der Waals surface area contributed by atoms with Crippen LogP contribution in [0.4, 0.5) is 14.9 Å². The molecule has 2 rings (SSSR count). The van der Waals surface area contributed by atoms with Gasteiger partial charge >= 0.3 is 6.03 Å². The monoisotopic (exact) mass is 331 g/mol. The number of hydrogen-bond donors (Lipinski definition) is 2. The third-order valence-corrected chi connectivity index (χ3v) is 3.51. The van der Waals surface area contributed by atoms with E-state index < -0.39 is 11.8 Å². The number of urea groups is 1. The number of nitrogens with one attached hydrogen (secondary N) is 2. The highest BCUT2D eigenvalue weighted by Gasteiger charge is 2.15. The molecular weight excluding hydrogens is 309 g/mol. The summed E-state index contributed by atoms with van der Waals surface area (Å²) >= 11 is 0. The lowest BCUT2D eigenvalue weighted by molar-refractivity contribution is 0.248. The van der Waals surface area contributed by atoms with E-state index in [1.165, 1.54) is 12.1 Å². The van der Waals surface area contributed by atoms with E-state index in [0.717, 1.165) is 11.3 Å². The average molecular weight is 331 g/mol. The summed E-state index contributed by atoms with van der Waals surface area (Å²) in [7, 11) is 0. The zero-order valence-corrected chi connectivity index (χ0v) is 14.1. The fourth-order valence-electron chi connectivity index (χ4n) is 2.31. The average Bonchev–Trinajstić information content (AvgIpc) is 2.55. The van der Waals surface area contributed by atoms with E-state index in [1.54, 1.807) is 12.3 Å². The van der Waals surface area contributed by atoms with Crippen LogP contribution in [0.1, 0.15) is 37.6 Å². The van der Waals surface area contributed by atoms with E-state index in [2.05, 4.69) is 15.6 Å². The molecule has 0 aliphatic rings. The Morgan fingerprint density at radius 1 is 1.29 bits per heavy atom. The van der Waals surface area contributed by atoms with Gasteiger partial charge < -0.3 is 15.4 Å². The third kappa shape index (κ3) is 4.68. The Morgan fingerprint density at radius 2 is 2.08 bits per heavy atom. The van der Waals surface area contributed by atoms with Crippen molar-refractivity contribution >= 4 is 11.7 Å². The van der Waals surface area contributed by atoms with E-state index >= 15 is 0 Å². The SMILES string of the molecule is CCOc1ccc(NC(=O)NC(CC)c2cc(C)ccn2)c(F)c1. The Balaban J connectivity index is 2.04. The van der Waals surface area contributed by atoms with Crippen LogP contribution in [0.25, 0.3) is 0 Å². The van der Waals surface area contributed by atoms with Crippen LogP contribution in [0.3, 0.4) is 0 Å². The number of benzene rings is 1. The number of carbonyl (C=O) groups excluding carboxylic acids is 1. The van der Waals surface area contributed by atoms with E-state index in [9.17, 15) is 9.18 Å². The van der Waals surface area contributed by atoms with Gasteiger partial charge in [0.1, 0.15) is 11.6 Å². The predicted octanol–water partition coefficient (Wildman–Crippen LogP) is 4.20. The molecule has 0 radical (unpaired) electrons. The largest absolute Gasteiger partial charge is 0.494 e. The lowest BCUT2D eigenvalue weighted by atomic mass is 10.1. The number of ether oxygens (including phenoxy) is 1. The van der Waals surface area contributed by atoms with E-state index in [1.807, 2.05) is 32.9 Å². The van der Waals surface area contributed by atoms with Crippen LogP contribution in [-0.4, -0.2) is 17.6 Å². The van der Waals surface area contributed by atoms with Gasteiger partial charge in [0.2, 0.25) is 0 Å². The number of carbonyl (C=O) groups is 1. The quantitative estimate of drug-likeness (QED) is 0.834. The van der Waals surface area contributed by atoms with E-state index in [4.69, 9.17) is 4.74 Å². The van der Waals surface area contributed by atoms with Crippen molar-refractivity contribution in [1.29, 1.82) is 0 Å². The first-order valence-electron chi connectivity index (χ1n) is 7.95. The van der Waals surface area contributed by atoms with Crippen molar-refractivity contribution in [2.45, 2.75) is 33.2 Å². The molecule has 0 aliphatic carbocycles. The highest BCUT2D eigenvalue weighted by Crippen LogP contribution is 2.21. The van der Waals surface area contributed by atoms with Gasteiger partial charge in [0.05, 0.1) is 24.0 Å². The van der Waals surface area contributed by atoms with Crippen LogP contribution in [0.5, 0.6) is 5.75 Å².